The number of likely N-dealkylation sites (N-methyl/N-ethyl adjacent to an activating group) is 1. The zero-order chi connectivity index (χ0) is 30.6. The molecule has 1 fully saturated rings. The molecule has 0 bridgehead atoms. The molecule has 1 aliphatic rings. The Balaban J connectivity index is 1.14. The van der Waals surface area contributed by atoms with Crippen molar-refractivity contribution in [1.29, 1.82) is 0 Å². The van der Waals surface area contributed by atoms with Crippen LogP contribution in [0.15, 0.2) is 77.6 Å². The lowest BCUT2D eigenvalue weighted by molar-refractivity contribution is -0.137. The first kappa shape index (κ1) is 29.5. The van der Waals surface area contributed by atoms with Crippen LogP contribution in [0.25, 0.3) is 34.2 Å². The maximum atomic E-state index is 13.7. The fourth-order valence-corrected chi connectivity index (χ4v) is 5.99. The average Bonchev–Trinajstić information content (AvgIpc) is 3.85. The van der Waals surface area contributed by atoms with Crippen molar-refractivity contribution in [3.8, 4) is 34.2 Å². The molecule has 2 N–H and O–H groups in total. The fraction of sp³-hybridized carbons (Fsp3) is 0.353. The van der Waals surface area contributed by atoms with Crippen molar-refractivity contribution in [2.75, 3.05) is 34.2 Å². The molecule has 4 heterocycles. The van der Waals surface area contributed by atoms with Crippen molar-refractivity contribution in [2.24, 2.45) is 0 Å². The molecule has 2 atom stereocenters. The molecule has 10 nitrogen and oxygen atoms in total. The molecule has 2 aromatic carbocycles. The zero-order valence-electron chi connectivity index (χ0n) is 25.8. The third-order valence-corrected chi connectivity index (χ3v) is 8.28. The molecule has 1 aliphatic heterocycles. The Labute approximate surface area is 258 Å². The zero-order valence-corrected chi connectivity index (χ0v) is 25.8. The summed E-state index contributed by atoms with van der Waals surface area (Å²) in [5, 5.41) is 0. The number of carbonyl (C=O) groups is 1. The molecule has 6 rings (SSSR count). The normalized spacial score (nSPS) is 16.1. The van der Waals surface area contributed by atoms with Crippen LogP contribution < -0.4 is 0 Å². The molecule has 1 saturated heterocycles. The number of likely N-dealkylation sites (tertiary alicyclic amines) is 1. The van der Waals surface area contributed by atoms with E-state index in [9.17, 15) is 4.79 Å². The van der Waals surface area contributed by atoms with Gasteiger partial charge in [-0.05, 0) is 58.1 Å². The summed E-state index contributed by atoms with van der Waals surface area (Å²) in [6, 6.07) is 18.1. The van der Waals surface area contributed by atoms with E-state index in [-0.39, 0.29) is 11.9 Å². The van der Waals surface area contributed by atoms with Gasteiger partial charge in [0.25, 0.3) is 0 Å². The number of hydrogen-bond acceptors (Lipinski definition) is 7. The molecule has 0 spiro atoms. The highest BCUT2D eigenvalue weighted by Crippen LogP contribution is 2.31. The molecule has 0 radical (unpaired) electrons. The van der Waals surface area contributed by atoms with Gasteiger partial charge in [0.15, 0.2) is 5.76 Å². The van der Waals surface area contributed by atoms with Gasteiger partial charge in [0.1, 0.15) is 23.4 Å². The van der Waals surface area contributed by atoms with Crippen LogP contribution in [0.1, 0.15) is 55.5 Å². The maximum absolute atomic E-state index is 13.7. The summed E-state index contributed by atoms with van der Waals surface area (Å²) < 4.78 is 6.12. The van der Waals surface area contributed by atoms with Crippen molar-refractivity contribution in [1.82, 2.24) is 39.6 Å². The Morgan fingerprint density at radius 2 is 1.84 bits per heavy atom. The number of imidazole rings is 2. The molecule has 44 heavy (non-hydrogen) atoms. The largest absolute Gasteiger partial charge is 0.435 e. The number of oxazole rings is 1. The van der Waals surface area contributed by atoms with Crippen LogP contribution in [0.3, 0.4) is 0 Å². The Morgan fingerprint density at radius 3 is 2.55 bits per heavy atom. The number of amides is 1. The molecule has 228 valence electrons. The quantitative estimate of drug-likeness (QED) is 0.196. The van der Waals surface area contributed by atoms with Crippen molar-refractivity contribution in [3.05, 3.63) is 90.4 Å². The third-order valence-electron chi connectivity index (χ3n) is 8.28. The summed E-state index contributed by atoms with van der Waals surface area (Å²) in [6.07, 6.45) is 8.59. The number of benzene rings is 2. The van der Waals surface area contributed by atoms with Gasteiger partial charge in [-0.2, -0.15) is 0 Å². The summed E-state index contributed by atoms with van der Waals surface area (Å²) in [5.41, 5.74) is 4.57. The Kier molecular flexibility index (Phi) is 8.72. The molecule has 1 amide bonds. The van der Waals surface area contributed by atoms with Gasteiger partial charge < -0.3 is 19.3 Å². The predicted molar refractivity (Wildman–Crippen MR) is 170 cm³/mol. The minimum Gasteiger partial charge on any atom is -0.435 e. The van der Waals surface area contributed by atoms with Crippen LogP contribution in [-0.2, 0) is 11.3 Å². The standard InChI is InChI=1S/C34H40N8O2/c1-5-17-42(34(43)31(40(2)3)25-10-7-6-8-11-25)22-30-35-20-27(38-30)33-37-21-29(44-33)24-15-13-23(14-16-24)26-19-36-32(39-26)28-12-9-18-41(28)4/h6-8,10-11,13-16,19-21,28,31H,5,9,12,17-18,22H2,1-4H3,(H,35,38)(H,36,39)/t28-,31+/m0/s1. The van der Waals surface area contributed by atoms with Gasteiger partial charge in [-0.1, -0.05) is 61.5 Å². The molecule has 5 aromatic rings. The monoisotopic (exact) mass is 592 g/mol. The Morgan fingerprint density at radius 1 is 1.07 bits per heavy atom. The van der Waals surface area contributed by atoms with E-state index in [0.29, 0.717) is 42.3 Å². The summed E-state index contributed by atoms with van der Waals surface area (Å²) in [7, 11) is 6.02. The highest BCUT2D eigenvalue weighted by molar-refractivity contribution is 5.83. The highest BCUT2D eigenvalue weighted by atomic mass is 16.4. The van der Waals surface area contributed by atoms with E-state index in [1.165, 1.54) is 6.42 Å². The van der Waals surface area contributed by atoms with E-state index in [4.69, 9.17) is 9.40 Å². The lowest BCUT2D eigenvalue weighted by Gasteiger charge is -2.30. The number of rotatable bonds is 11. The number of carbonyl (C=O) groups excluding carboxylic acids is 1. The second-order valence-corrected chi connectivity index (χ2v) is 11.7. The van der Waals surface area contributed by atoms with Gasteiger partial charge in [0.05, 0.1) is 30.7 Å². The van der Waals surface area contributed by atoms with E-state index in [0.717, 1.165) is 47.6 Å². The predicted octanol–water partition coefficient (Wildman–Crippen LogP) is 5.93. The summed E-state index contributed by atoms with van der Waals surface area (Å²) in [5.74, 6) is 2.83. The topological polar surface area (TPSA) is 110 Å². The van der Waals surface area contributed by atoms with E-state index in [2.05, 4.69) is 50.9 Å². The molecular formula is C34H40N8O2. The smallest absolute Gasteiger partial charge is 0.247 e. The Bertz CT molecular complexity index is 1670. The first-order valence-corrected chi connectivity index (χ1v) is 15.3. The van der Waals surface area contributed by atoms with E-state index in [1.807, 2.05) is 72.6 Å². The molecular weight excluding hydrogens is 552 g/mol. The average molecular weight is 593 g/mol. The summed E-state index contributed by atoms with van der Waals surface area (Å²) in [6.45, 7) is 4.17. The molecule has 0 saturated carbocycles. The van der Waals surface area contributed by atoms with Gasteiger partial charge in [-0.25, -0.2) is 15.0 Å². The SMILES string of the molecule is CCCN(Cc1nc(-c2ncc(-c3ccc(-c4cnc([C@@H]5CCCN5C)[nH]4)cc3)o2)c[nH]1)C(=O)[C@@H](c1ccccc1)N(C)C. The number of nitrogens with zero attached hydrogens (tertiary/aromatic N) is 6. The van der Waals surface area contributed by atoms with Gasteiger partial charge >= 0.3 is 0 Å². The second kappa shape index (κ2) is 13.0. The summed E-state index contributed by atoms with van der Waals surface area (Å²) in [4.78, 5) is 40.5. The molecule has 0 aliphatic carbocycles. The number of aromatic amines is 2. The second-order valence-electron chi connectivity index (χ2n) is 11.7. The number of aromatic nitrogens is 5. The Hall–Kier alpha value is -4.54. The number of hydrogen-bond donors (Lipinski definition) is 2. The van der Waals surface area contributed by atoms with Gasteiger partial charge in [0.2, 0.25) is 11.8 Å². The van der Waals surface area contributed by atoms with Crippen LogP contribution in [0.4, 0.5) is 0 Å². The van der Waals surface area contributed by atoms with Crippen LogP contribution in [0.5, 0.6) is 0 Å². The van der Waals surface area contributed by atoms with Gasteiger partial charge in [-0.15, -0.1) is 0 Å². The van der Waals surface area contributed by atoms with Gasteiger partial charge in [0, 0.05) is 18.3 Å². The molecule has 10 heteroatoms. The van der Waals surface area contributed by atoms with Crippen molar-refractivity contribution in [3.63, 3.8) is 0 Å². The lowest BCUT2D eigenvalue weighted by Crippen LogP contribution is -2.40. The first-order chi connectivity index (χ1) is 21.4. The van der Waals surface area contributed by atoms with E-state index < -0.39 is 0 Å². The van der Waals surface area contributed by atoms with Crippen molar-refractivity contribution >= 4 is 5.91 Å². The molecule has 3 aromatic heterocycles. The van der Waals surface area contributed by atoms with Crippen LogP contribution >= 0.6 is 0 Å². The first-order valence-electron chi connectivity index (χ1n) is 15.3. The lowest BCUT2D eigenvalue weighted by atomic mass is 10.0. The summed E-state index contributed by atoms with van der Waals surface area (Å²) >= 11 is 0. The molecule has 0 unspecified atom stereocenters. The minimum atomic E-state index is -0.373. The highest BCUT2D eigenvalue weighted by Gasteiger charge is 2.28. The van der Waals surface area contributed by atoms with E-state index in [1.54, 1.807) is 12.4 Å². The van der Waals surface area contributed by atoms with Crippen LogP contribution in [0, 0.1) is 0 Å². The van der Waals surface area contributed by atoms with Gasteiger partial charge in [-0.3, -0.25) is 14.6 Å². The van der Waals surface area contributed by atoms with Crippen LogP contribution in [0.2, 0.25) is 0 Å². The minimum absolute atomic E-state index is 0.0417. The van der Waals surface area contributed by atoms with Crippen molar-refractivity contribution < 1.29 is 9.21 Å². The third kappa shape index (κ3) is 6.22. The van der Waals surface area contributed by atoms with E-state index >= 15 is 0 Å². The number of H-pyrrole nitrogens is 2. The fourth-order valence-electron chi connectivity index (χ4n) is 5.99. The number of nitrogens with one attached hydrogen (secondary N) is 2. The maximum Gasteiger partial charge on any atom is 0.247 e. The van der Waals surface area contributed by atoms with Crippen molar-refractivity contribution in [2.45, 2.75) is 44.8 Å². The van der Waals surface area contributed by atoms with Crippen LogP contribution in [-0.4, -0.2) is 79.8 Å².